The number of benzene rings is 2. The molecular weight excluding hydrogens is 390 g/mol. The number of fused-ring (bicyclic) bond motifs is 2. The lowest BCUT2D eigenvalue weighted by molar-refractivity contribution is 0.411. The summed E-state index contributed by atoms with van der Waals surface area (Å²) in [6, 6.07) is 13.5. The van der Waals surface area contributed by atoms with Crippen LogP contribution in [-0.4, -0.2) is 24.2 Å². The molecule has 1 aliphatic heterocycles. The number of ether oxygens (including phenoxy) is 1. The van der Waals surface area contributed by atoms with E-state index in [1.54, 1.807) is 31.0 Å². The summed E-state index contributed by atoms with van der Waals surface area (Å²) in [5, 5.41) is 18.9. The molecule has 5 rings (SSSR count). The summed E-state index contributed by atoms with van der Waals surface area (Å²) in [6.45, 7) is 3.54. The molecule has 31 heavy (non-hydrogen) atoms. The third-order valence-electron chi connectivity index (χ3n) is 5.68. The topological polar surface area (TPSA) is 88.9 Å². The van der Waals surface area contributed by atoms with Gasteiger partial charge in [-0.2, -0.15) is 0 Å². The maximum Gasteiger partial charge on any atom is 0.228 e. The van der Waals surface area contributed by atoms with Crippen molar-refractivity contribution in [3.63, 3.8) is 0 Å². The molecule has 7 nitrogen and oxygen atoms in total. The van der Waals surface area contributed by atoms with Gasteiger partial charge >= 0.3 is 0 Å². The van der Waals surface area contributed by atoms with Gasteiger partial charge in [-0.3, -0.25) is 5.41 Å². The van der Waals surface area contributed by atoms with Crippen LogP contribution < -0.4 is 10.2 Å². The number of aromatic hydroxyl groups is 1. The number of imidazole rings is 1. The number of hydrogen-bond donors (Lipinski definition) is 2. The zero-order chi connectivity index (χ0) is 21.4. The fraction of sp³-hybridized carbons (Fsp3) is 0.208. The highest BCUT2D eigenvalue weighted by Crippen LogP contribution is 2.45. The van der Waals surface area contributed by atoms with Crippen LogP contribution in [0.15, 0.2) is 67.5 Å². The van der Waals surface area contributed by atoms with Crippen molar-refractivity contribution in [3.05, 3.63) is 95.3 Å². The second kappa shape index (κ2) is 7.75. The summed E-state index contributed by atoms with van der Waals surface area (Å²) < 4.78 is 9.91. The van der Waals surface area contributed by atoms with Crippen LogP contribution >= 0.6 is 0 Å². The first-order valence-electron chi connectivity index (χ1n) is 10.3. The van der Waals surface area contributed by atoms with E-state index in [0.29, 0.717) is 23.7 Å². The molecule has 2 aromatic heterocycles. The van der Waals surface area contributed by atoms with Gasteiger partial charge in [-0.15, -0.1) is 0 Å². The van der Waals surface area contributed by atoms with Crippen molar-refractivity contribution in [2.24, 2.45) is 0 Å². The Morgan fingerprint density at radius 3 is 2.71 bits per heavy atom. The highest BCUT2D eigenvalue weighted by molar-refractivity contribution is 5.57. The molecule has 2 N–H and O–H groups in total. The van der Waals surface area contributed by atoms with E-state index < -0.39 is 0 Å². The summed E-state index contributed by atoms with van der Waals surface area (Å²) in [5.74, 6) is 0.935. The van der Waals surface area contributed by atoms with Gasteiger partial charge in [0.1, 0.15) is 23.3 Å². The fourth-order valence-corrected chi connectivity index (χ4v) is 4.07. The first-order valence-corrected chi connectivity index (χ1v) is 10.3. The molecule has 0 radical (unpaired) electrons. The van der Waals surface area contributed by atoms with E-state index >= 15 is 0 Å². The van der Waals surface area contributed by atoms with E-state index in [1.165, 1.54) is 5.56 Å². The minimum absolute atomic E-state index is 0.140. The van der Waals surface area contributed by atoms with E-state index in [1.807, 2.05) is 21.4 Å². The fourth-order valence-electron chi connectivity index (χ4n) is 4.07. The average molecular weight is 413 g/mol. The molecule has 1 aliphatic rings. The maximum absolute atomic E-state index is 9.96. The Morgan fingerprint density at radius 2 is 1.94 bits per heavy atom. The summed E-state index contributed by atoms with van der Waals surface area (Å²) in [5.41, 5.74) is 4.29. The van der Waals surface area contributed by atoms with Gasteiger partial charge in [0.2, 0.25) is 5.88 Å². The quantitative estimate of drug-likeness (QED) is 0.457. The zero-order valence-electron chi connectivity index (χ0n) is 17.2. The standard InChI is InChI=1S/C24H23N5O2/c1-16-3-5-17(6-4-16)21-19-8-7-18(30)13-20(19)31-24-22(21)23(25)29(15-27-24)11-2-10-28-12-9-26-14-28/h3-9,12-15,21,25,30H,2,10-11H2,1H3. The van der Waals surface area contributed by atoms with Crippen LogP contribution in [0.3, 0.4) is 0 Å². The van der Waals surface area contributed by atoms with Gasteiger partial charge in [-0.1, -0.05) is 35.9 Å². The highest BCUT2D eigenvalue weighted by atomic mass is 16.5. The van der Waals surface area contributed by atoms with Crippen molar-refractivity contribution in [2.45, 2.75) is 32.4 Å². The van der Waals surface area contributed by atoms with Gasteiger partial charge in [0, 0.05) is 43.0 Å². The van der Waals surface area contributed by atoms with Crippen LogP contribution in [0.25, 0.3) is 0 Å². The molecule has 1 atom stereocenters. The van der Waals surface area contributed by atoms with Gasteiger partial charge in [-0.05, 0) is 25.0 Å². The molecule has 2 aromatic carbocycles. The molecule has 3 heterocycles. The van der Waals surface area contributed by atoms with Crippen molar-refractivity contribution in [2.75, 3.05) is 0 Å². The first-order chi connectivity index (χ1) is 15.1. The molecule has 0 amide bonds. The van der Waals surface area contributed by atoms with E-state index in [-0.39, 0.29) is 11.7 Å². The summed E-state index contributed by atoms with van der Waals surface area (Å²) >= 11 is 0. The minimum atomic E-state index is -0.193. The lowest BCUT2D eigenvalue weighted by atomic mass is 9.83. The summed E-state index contributed by atoms with van der Waals surface area (Å²) in [7, 11) is 0. The second-order valence-corrected chi connectivity index (χ2v) is 7.83. The second-order valence-electron chi connectivity index (χ2n) is 7.83. The molecule has 0 saturated heterocycles. The Bertz CT molecular complexity index is 1280. The molecular formula is C24H23N5O2. The third-order valence-corrected chi connectivity index (χ3v) is 5.68. The van der Waals surface area contributed by atoms with E-state index in [2.05, 4.69) is 41.2 Å². The SMILES string of the molecule is Cc1ccc(C2c3ccc(O)cc3Oc3ncn(CCCn4ccnc4)c(=N)c32)cc1. The lowest BCUT2D eigenvalue weighted by Crippen LogP contribution is -2.30. The molecule has 0 aliphatic carbocycles. The number of aryl methyl sites for hydroxylation is 3. The van der Waals surface area contributed by atoms with Crippen LogP contribution in [0.2, 0.25) is 0 Å². The first kappa shape index (κ1) is 19.1. The van der Waals surface area contributed by atoms with Crippen molar-refractivity contribution >= 4 is 0 Å². The van der Waals surface area contributed by atoms with Crippen molar-refractivity contribution < 1.29 is 9.84 Å². The van der Waals surface area contributed by atoms with Crippen molar-refractivity contribution in [1.29, 1.82) is 5.41 Å². The largest absolute Gasteiger partial charge is 0.508 e. The van der Waals surface area contributed by atoms with Gasteiger partial charge in [0.25, 0.3) is 0 Å². The zero-order valence-corrected chi connectivity index (χ0v) is 17.2. The Morgan fingerprint density at radius 1 is 1.10 bits per heavy atom. The number of phenols is 1. The van der Waals surface area contributed by atoms with Crippen LogP contribution in [0.5, 0.6) is 17.4 Å². The number of phenolic OH excluding ortho intramolecular Hbond substituents is 1. The Labute approximate surface area is 179 Å². The van der Waals surface area contributed by atoms with Gasteiger partial charge in [0.05, 0.1) is 11.9 Å². The Hall–Kier alpha value is -3.87. The number of hydrogen-bond acceptors (Lipinski definition) is 5. The predicted octanol–water partition coefficient (Wildman–Crippen LogP) is 3.95. The number of nitrogens with zero attached hydrogens (tertiary/aromatic N) is 4. The molecule has 4 aromatic rings. The molecule has 156 valence electrons. The van der Waals surface area contributed by atoms with Gasteiger partial charge < -0.3 is 19.0 Å². The molecule has 7 heteroatoms. The average Bonchev–Trinajstić information content (AvgIpc) is 3.28. The summed E-state index contributed by atoms with van der Waals surface area (Å²) in [4.78, 5) is 8.61. The number of rotatable bonds is 5. The molecule has 0 spiro atoms. The summed E-state index contributed by atoms with van der Waals surface area (Å²) in [6.07, 6.45) is 8.02. The monoisotopic (exact) mass is 413 g/mol. The van der Waals surface area contributed by atoms with Crippen LogP contribution in [0.1, 0.15) is 34.6 Å². The van der Waals surface area contributed by atoms with E-state index in [9.17, 15) is 5.11 Å². The Kier molecular flexibility index (Phi) is 4.78. The van der Waals surface area contributed by atoms with Gasteiger partial charge in [0.15, 0.2) is 0 Å². The van der Waals surface area contributed by atoms with Crippen molar-refractivity contribution in [1.82, 2.24) is 19.1 Å². The van der Waals surface area contributed by atoms with Crippen LogP contribution in [-0.2, 0) is 13.1 Å². The van der Waals surface area contributed by atoms with Crippen LogP contribution in [0, 0.1) is 12.3 Å². The van der Waals surface area contributed by atoms with Gasteiger partial charge in [-0.25, -0.2) is 9.97 Å². The van der Waals surface area contributed by atoms with Crippen molar-refractivity contribution in [3.8, 4) is 17.4 Å². The highest BCUT2D eigenvalue weighted by Gasteiger charge is 2.32. The number of aromatic nitrogens is 4. The lowest BCUT2D eigenvalue weighted by Gasteiger charge is -2.28. The molecule has 0 saturated carbocycles. The van der Waals surface area contributed by atoms with E-state index in [4.69, 9.17) is 10.1 Å². The smallest absolute Gasteiger partial charge is 0.228 e. The normalized spacial score (nSPS) is 14.5. The van der Waals surface area contributed by atoms with Crippen LogP contribution in [0.4, 0.5) is 0 Å². The third kappa shape index (κ3) is 3.59. The molecule has 0 fully saturated rings. The predicted molar refractivity (Wildman–Crippen MR) is 115 cm³/mol. The minimum Gasteiger partial charge on any atom is -0.508 e. The molecule has 1 unspecified atom stereocenters. The number of nitrogens with one attached hydrogen (secondary N) is 1. The van der Waals surface area contributed by atoms with E-state index in [0.717, 1.165) is 29.7 Å². The Balaban J connectivity index is 1.56. The maximum atomic E-state index is 9.96. The molecule has 0 bridgehead atoms.